The molecule has 12 heavy (non-hydrogen) atoms. The molecule has 0 amide bonds. The lowest BCUT2D eigenvalue weighted by atomic mass is 10.0. The summed E-state index contributed by atoms with van der Waals surface area (Å²) in [5.74, 6) is 0.799. The molecule has 2 heteroatoms. The average Bonchev–Trinajstić information content (AvgIpc) is 2.04. The predicted molar refractivity (Wildman–Crippen MR) is 49.9 cm³/mol. The minimum Gasteiger partial charge on any atom is -0.465 e. The fourth-order valence-electron chi connectivity index (χ4n) is 1.12. The molecule has 0 saturated heterocycles. The Morgan fingerprint density at radius 3 is 2.50 bits per heavy atom. The Balaban J connectivity index is 3.23. The van der Waals surface area contributed by atoms with Crippen LogP contribution in [-0.4, -0.2) is 12.6 Å². The molecule has 0 fully saturated rings. The van der Waals surface area contributed by atoms with Crippen molar-refractivity contribution in [3.8, 4) is 0 Å². The number of rotatable bonds is 7. The van der Waals surface area contributed by atoms with E-state index >= 15 is 0 Å². The van der Waals surface area contributed by atoms with Gasteiger partial charge in [0, 0.05) is 0 Å². The van der Waals surface area contributed by atoms with Crippen molar-refractivity contribution in [3.63, 3.8) is 0 Å². The maximum absolute atomic E-state index is 9.95. The molecule has 2 unspecified atom stereocenters. The summed E-state index contributed by atoms with van der Waals surface area (Å²) in [4.78, 5) is 9.95. The normalized spacial score (nSPS) is 15.2. The largest absolute Gasteiger partial charge is 0.465 e. The predicted octanol–water partition coefficient (Wildman–Crippen LogP) is 2.76. The van der Waals surface area contributed by atoms with Crippen LogP contribution >= 0.6 is 0 Å². The average molecular weight is 172 g/mol. The van der Waals surface area contributed by atoms with Crippen molar-refractivity contribution < 1.29 is 9.53 Å². The van der Waals surface area contributed by atoms with Crippen LogP contribution in [0.25, 0.3) is 0 Å². The molecule has 0 radical (unpaired) electrons. The van der Waals surface area contributed by atoms with E-state index in [4.69, 9.17) is 4.74 Å². The summed E-state index contributed by atoms with van der Waals surface area (Å²) < 4.78 is 4.78. The van der Waals surface area contributed by atoms with Gasteiger partial charge < -0.3 is 4.74 Å². The minimum absolute atomic E-state index is 0.0894. The Hall–Kier alpha value is -0.530. The summed E-state index contributed by atoms with van der Waals surface area (Å²) in [6, 6.07) is 0. The number of hydrogen-bond donors (Lipinski definition) is 0. The van der Waals surface area contributed by atoms with Gasteiger partial charge in [-0.25, -0.2) is 0 Å². The van der Waals surface area contributed by atoms with Gasteiger partial charge in [-0.2, -0.15) is 0 Å². The highest BCUT2D eigenvalue weighted by Crippen LogP contribution is 2.12. The molecular formula is C10H20O2. The van der Waals surface area contributed by atoms with E-state index in [1.807, 2.05) is 6.92 Å². The molecule has 0 saturated carbocycles. The minimum atomic E-state index is 0.0894. The van der Waals surface area contributed by atoms with E-state index in [1.54, 1.807) is 0 Å². The molecule has 0 heterocycles. The molecule has 0 aromatic rings. The second-order valence-electron chi connectivity index (χ2n) is 3.49. The van der Waals surface area contributed by atoms with Crippen molar-refractivity contribution >= 4 is 6.47 Å². The van der Waals surface area contributed by atoms with Crippen LogP contribution in [0.5, 0.6) is 0 Å². The van der Waals surface area contributed by atoms with Crippen LogP contribution in [0.4, 0.5) is 0 Å². The number of ether oxygens (including phenoxy) is 1. The van der Waals surface area contributed by atoms with E-state index in [1.165, 1.54) is 12.8 Å². The first kappa shape index (κ1) is 11.5. The van der Waals surface area contributed by atoms with Crippen LogP contribution in [0, 0.1) is 5.92 Å². The molecule has 72 valence electrons. The summed E-state index contributed by atoms with van der Waals surface area (Å²) in [5, 5.41) is 0. The van der Waals surface area contributed by atoms with Gasteiger partial charge in [-0.3, -0.25) is 4.79 Å². The highest BCUT2D eigenvalue weighted by atomic mass is 16.5. The van der Waals surface area contributed by atoms with Crippen LogP contribution in [0.15, 0.2) is 0 Å². The van der Waals surface area contributed by atoms with E-state index in [2.05, 4.69) is 13.8 Å². The number of hydrogen-bond acceptors (Lipinski definition) is 2. The summed E-state index contributed by atoms with van der Waals surface area (Å²) in [6.07, 6.45) is 4.71. The van der Waals surface area contributed by atoms with Crippen LogP contribution in [0.2, 0.25) is 0 Å². The molecule has 0 rings (SSSR count). The SMILES string of the molecule is CCC(C)CCCC(C)OC=O. The third-order valence-corrected chi connectivity index (χ3v) is 2.29. The lowest BCUT2D eigenvalue weighted by molar-refractivity contribution is -0.133. The Kier molecular flexibility index (Phi) is 6.82. The van der Waals surface area contributed by atoms with Crippen LogP contribution < -0.4 is 0 Å². The zero-order valence-corrected chi connectivity index (χ0v) is 8.38. The third kappa shape index (κ3) is 6.20. The fourth-order valence-corrected chi connectivity index (χ4v) is 1.12. The summed E-state index contributed by atoms with van der Waals surface area (Å²) in [7, 11) is 0. The topological polar surface area (TPSA) is 26.3 Å². The lowest BCUT2D eigenvalue weighted by Gasteiger charge is -2.11. The highest BCUT2D eigenvalue weighted by Gasteiger charge is 2.03. The quantitative estimate of drug-likeness (QED) is 0.552. The van der Waals surface area contributed by atoms with Gasteiger partial charge in [0.25, 0.3) is 6.47 Å². The van der Waals surface area contributed by atoms with Crippen molar-refractivity contribution in [2.75, 3.05) is 0 Å². The van der Waals surface area contributed by atoms with Gasteiger partial charge in [0.2, 0.25) is 0 Å². The second kappa shape index (κ2) is 7.14. The molecule has 0 aliphatic carbocycles. The van der Waals surface area contributed by atoms with Crippen molar-refractivity contribution in [2.45, 2.75) is 52.6 Å². The molecule has 2 atom stereocenters. The molecule has 2 nitrogen and oxygen atoms in total. The first-order chi connectivity index (χ1) is 5.70. The third-order valence-electron chi connectivity index (χ3n) is 2.29. The molecule has 0 aromatic carbocycles. The van der Waals surface area contributed by atoms with E-state index in [-0.39, 0.29) is 6.10 Å². The molecule has 0 aliphatic heterocycles. The zero-order valence-electron chi connectivity index (χ0n) is 8.38. The second-order valence-corrected chi connectivity index (χ2v) is 3.49. The standard InChI is InChI=1S/C10H20O2/c1-4-9(2)6-5-7-10(3)12-8-11/h8-10H,4-7H2,1-3H3. The summed E-state index contributed by atoms with van der Waals surface area (Å²) >= 11 is 0. The lowest BCUT2D eigenvalue weighted by Crippen LogP contribution is -2.07. The van der Waals surface area contributed by atoms with Gasteiger partial charge >= 0.3 is 0 Å². The van der Waals surface area contributed by atoms with Crippen LogP contribution in [0.1, 0.15) is 46.5 Å². The fraction of sp³-hybridized carbons (Fsp3) is 0.900. The summed E-state index contributed by atoms with van der Waals surface area (Å²) in [5.41, 5.74) is 0. The van der Waals surface area contributed by atoms with E-state index in [0.717, 1.165) is 18.8 Å². The van der Waals surface area contributed by atoms with Gasteiger partial charge in [-0.05, 0) is 25.7 Å². The first-order valence-corrected chi connectivity index (χ1v) is 4.79. The van der Waals surface area contributed by atoms with Crippen molar-refractivity contribution in [3.05, 3.63) is 0 Å². The van der Waals surface area contributed by atoms with E-state index in [9.17, 15) is 4.79 Å². The molecular weight excluding hydrogens is 152 g/mol. The van der Waals surface area contributed by atoms with Gasteiger partial charge in [0.15, 0.2) is 0 Å². The smallest absolute Gasteiger partial charge is 0.293 e. The summed E-state index contributed by atoms with van der Waals surface area (Å²) in [6.45, 7) is 6.93. The van der Waals surface area contributed by atoms with Crippen LogP contribution in [-0.2, 0) is 9.53 Å². The maximum Gasteiger partial charge on any atom is 0.293 e. The van der Waals surface area contributed by atoms with Gasteiger partial charge in [-0.1, -0.05) is 26.7 Å². The Morgan fingerprint density at radius 1 is 1.33 bits per heavy atom. The van der Waals surface area contributed by atoms with Crippen LogP contribution in [0.3, 0.4) is 0 Å². The Bertz CT molecular complexity index is 112. The van der Waals surface area contributed by atoms with Crippen molar-refractivity contribution in [1.29, 1.82) is 0 Å². The van der Waals surface area contributed by atoms with E-state index in [0.29, 0.717) is 6.47 Å². The maximum atomic E-state index is 9.95. The van der Waals surface area contributed by atoms with Crippen molar-refractivity contribution in [2.24, 2.45) is 5.92 Å². The zero-order chi connectivity index (χ0) is 9.40. The van der Waals surface area contributed by atoms with Crippen molar-refractivity contribution in [1.82, 2.24) is 0 Å². The Labute approximate surface area is 75.3 Å². The number of carbonyl (C=O) groups excluding carboxylic acids is 1. The molecule has 0 bridgehead atoms. The highest BCUT2D eigenvalue weighted by molar-refractivity contribution is 5.37. The first-order valence-electron chi connectivity index (χ1n) is 4.79. The molecule has 0 aliphatic rings. The number of carbonyl (C=O) groups is 1. The monoisotopic (exact) mass is 172 g/mol. The van der Waals surface area contributed by atoms with Gasteiger partial charge in [-0.15, -0.1) is 0 Å². The van der Waals surface area contributed by atoms with E-state index < -0.39 is 0 Å². The molecule has 0 aromatic heterocycles. The van der Waals surface area contributed by atoms with Gasteiger partial charge in [0.1, 0.15) is 0 Å². The van der Waals surface area contributed by atoms with Gasteiger partial charge in [0.05, 0.1) is 6.10 Å². The Morgan fingerprint density at radius 2 is 2.00 bits per heavy atom. The molecule has 0 N–H and O–H groups in total. The molecule has 0 spiro atoms.